The molecule has 0 radical (unpaired) electrons. The van der Waals surface area contributed by atoms with Gasteiger partial charge < -0.3 is 17.5 Å². The molecule has 1 aromatic heterocycles. The summed E-state index contributed by atoms with van der Waals surface area (Å²) in [5.41, 5.74) is -0.456. The number of H-pyrrole nitrogens is 1. The Kier molecular flexibility index (Phi) is 4.74. The normalized spacial score (nSPS) is 8.50. The van der Waals surface area contributed by atoms with Gasteiger partial charge in [0.15, 0.2) is 0 Å². The van der Waals surface area contributed by atoms with Crippen LogP contribution < -0.4 is 61.9 Å². The largest absolute Gasteiger partial charge is 1.00 e. The quantitative estimate of drug-likeness (QED) is 0.354. The average molecular weight is 185 g/mol. The van der Waals surface area contributed by atoms with E-state index < -0.39 is 5.69 Å². The molecule has 0 aliphatic rings. The van der Waals surface area contributed by atoms with E-state index in [1.54, 1.807) is 0 Å². The molecule has 5 nitrogen and oxygen atoms in total. The van der Waals surface area contributed by atoms with Crippen molar-refractivity contribution in [2.45, 2.75) is 5.16 Å². The van der Waals surface area contributed by atoms with Crippen molar-refractivity contribution in [3.8, 4) is 0 Å². The first kappa shape index (κ1) is 10.6. The minimum atomic E-state index is -0.456. The molecule has 0 aliphatic heterocycles. The Balaban J connectivity index is 0.000000810. The van der Waals surface area contributed by atoms with Crippen molar-refractivity contribution in [1.29, 1.82) is 0 Å². The van der Waals surface area contributed by atoms with E-state index in [9.17, 15) is 4.79 Å². The number of hydrogen-bond donors (Lipinski definition) is 1. The standard InChI is InChI=1S/C3H5N3O2S.K/c1-8-6-2(7)4-5-3(6)9;/h1H3,(H,4,7)(H,5,9);/q;+1/p-1. The molecule has 0 unspecified atom stereocenters. The molecule has 0 aromatic carbocycles. The van der Waals surface area contributed by atoms with E-state index in [0.717, 1.165) is 4.73 Å². The molecule has 0 spiro atoms. The second-order valence-corrected chi connectivity index (χ2v) is 1.65. The zero-order valence-corrected chi connectivity index (χ0v) is 9.56. The van der Waals surface area contributed by atoms with Crippen molar-refractivity contribution in [3.05, 3.63) is 10.5 Å². The summed E-state index contributed by atoms with van der Waals surface area (Å²) < 4.78 is 0.884. The Morgan fingerprint density at radius 3 is 2.60 bits per heavy atom. The molecule has 0 amide bonds. The van der Waals surface area contributed by atoms with Crippen LogP contribution in [0.5, 0.6) is 0 Å². The summed E-state index contributed by atoms with van der Waals surface area (Å²) in [5.74, 6) is 0. The number of nitrogens with zero attached hydrogens (tertiary/aromatic N) is 2. The molecule has 0 bridgehead atoms. The molecule has 1 N–H and O–H groups in total. The first-order chi connectivity index (χ1) is 4.25. The molecule has 7 heteroatoms. The molecule has 0 aliphatic carbocycles. The number of nitrogens with one attached hydrogen (secondary N) is 1. The van der Waals surface area contributed by atoms with Gasteiger partial charge >= 0.3 is 57.1 Å². The van der Waals surface area contributed by atoms with Gasteiger partial charge in [-0.25, -0.2) is 9.89 Å². The van der Waals surface area contributed by atoms with Gasteiger partial charge in [0, 0.05) is 0 Å². The van der Waals surface area contributed by atoms with Gasteiger partial charge in [0.2, 0.25) is 0 Å². The maximum Gasteiger partial charge on any atom is 1.00 e. The van der Waals surface area contributed by atoms with Gasteiger partial charge in [-0.2, -0.15) is 5.10 Å². The third kappa shape index (κ3) is 2.04. The van der Waals surface area contributed by atoms with Gasteiger partial charge in [-0.1, -0.05) is 0 Å². The minimum absolute atomic E-state index is 0. The summed E-state index contributed by atoms with van der Waals surface area (Å²) in [7, 11) is 1.34. The maximum atomic E-state index is 10.5. The van der Waals surface area contributed by atoms with Crippen molar-refractivity contribution in [1.82, 2.24) is 14.9 Å². The molecular formula is C3H4KN3O2S. The fourth-order valence-corrected chi connectivity index (χ4v) is 0.637. The van der Waals surface area contributed by atoms with Crippen molar-refractivity contribution >= 4 is 12.6 Å². The number of rotatable bonds is 1. The first-order valence-electron chi connectivity index (χ1n) is 2.14. The molecule has 0 saturated carbocycles. The van der Waals surface area contributed by atoms with E-state index in [1.165, 1.54) is 7.11 Å². The third-order valence-electron chi connectivity index (χ3n) is 0.788. The zero-order valence-electron chi connectivity index (χ0n) is 5.62. The van der Waals surface area contributed by atoms with Crippen LogP contribution in [-0.4, -0.2) is 22.0 Å². The smallest absolute Gasteiger partial charge is 0.737 e. The van der Waals surface area contributed by atoms with Crippen LogP contribution in [0.15, 0.2) is 9.95 Å². The number of aromatic amines is 1. The molecule has 1 rings (SSSR count). The predicted octanol–water partition coefficient (Wildman–Crippen LogP) is -4.46. The summed E-state index contributed by atoms with van der Waals surface area (Å²) in [6, 6.07) is 0. The van der Waals surface area contributed by atoms with Gasteiger partial charge in [0.05, 0.1) is 5.16 Å². The molecule has 0 fully saturated rings. The number of hydrogen-bond acceptors (Lipinski definition) is 4. The fourth-order valence-electron chi connectivity index (χ4n) is 0.434. The fraction of sp³-hybridized carbons (Fsp3) is 0.333. The molecule has 0 saturated heterocycles. The monoisotopic (exact) mass is 185 g/mol. The van der Waals surface area contributed by atoms with E-state index in [1.807, 2.05) is 0 Å². The van der Waals surface area contributed by atoms with E-state index in [0.29, 0.717) is 0 Å². The van der Waals surface area contributed by atoms with Gasteiger partial charge in [-0.05, 0) is 0 Å². The Morgan fingerprint density at radius 2 is 2.40 bits per heavy atom. The first-order valence-corrected chi connectivity index (χ1v) is 2.55. The zero-order chi connectivity index (χ0) is 6.85. The van der Waals surface area contributed by atoms with Crippen LogP contribution in [0.3, 0.4) is 0 Å². The van der Waals surface area contributed by atoms with Gasteiger partial charge in [0.1, 0.15) is 7.11 Å². The minimum Gasteiger partial charge on any atom is -0.737 e. The molecule has 50 valence electrons. The summed E-state index contributed by atoms with van der Waals surface area (Å²) in [6.07, 6.45) is 0. The molecule has 10 heavy (non-hydrogen) atoms. The Hall–Kier alpha value is 0.596. The van der Waals surface area contributed by atoms with Gasteiger partial charge in [0.25, 0.3) is 0 Å². The van der Waals surface area contributed by atoms with Gasteiger partial charge in [-0.15, -0.1) is 4.73 Å². The summed E-state index contributed by atoms with van der Waals surface area (Å²) >= 11 is 4.57. The van der Waals surface area contributed by atoms with Crippen LogP contribution in [0.1, 0.15) is 0 Å². The average Bonchev–Trinajstić information content (AvgIpc) is 2.12. The van der Waals surface area contributed by atoms with Crippen molar-refractivity contribution < 1.29 is 56.2 Å². The topological polar surface area (TPSA) is 59.9 Å². The van der Waals surface area contributed by atoms with Crippen LogP contribution in [0.4, 0.5) is 0 Å². The van der Waals surface area contributed by atoms with Crippen LogP contribution in [-0.2, 0) is 12.6 Å². The summed E-state index contributed by atoms with van der Waals surface area (Å²) in [4.78, 5) is 15.0. The van der Waals surface area contributed by atoms with Crippen LogP contribution in [0, 0.1) is 0 Å². The predicted molar refractivity (Wildman–Crippen MR) is 31.0 cm³/mol. The summed E-state index contributed by atoms with van der Waals surface area (Å²) in [6.45, 7) is 0. The summed E-state index contributed by atoms with van der Waals surface area (Å²) in [5, 5.41) is 5.62. The molecule has 1 aromatic rings. The van der Waals surface area contributed by atoms with E-state index in [4.69, 9.17) is 0 Å². The van der Waals surface area contributed by atoms with Crippen LogP contribution in [0.2, 0.25) is 0 Å². The molecular weight excluding hydrogens is 181 g/mol. The van der Waals surface area contributed by atoms with Crippen LogP contribution in [0.25, 0.3) is 0 Å². The third-order valence-corrected chi connectivity index (χ3v) is 1.05. The van der Waals surface area contributed by atoms with Crippen molar-refractivity contribution in [2.24, 2.45) is 0 Å². The second-order valence-electron chi connectivity index (χ2n) is 1.29. The number of aromatic nitrogens is 3. The maximum absolute atomic E-state index is 10.5. The van der Waals surface area contributed by atoms with Gasteiger partial charge in [-0.3, -0.25) is 0 Å². The second kappa shape index (κ2) is 4.47. The Labute approximate surface area is 105 Å². The van der Waals surface area contributed by atoms with E-state index in [2.05, 4.69) is 27.7 Å². The van der Waals surface area contributed by atoms with Crippen molar-refractivity contribution in [2.75, 3.05) is 7.11 Å². The van der Waals surface area contributed by atoms with Crippen LogP contribution >= 0.6 is 0 Å². The Bertz CT molecular complexity index is 256. The Morgan fingerprint density at radius 1 is 1.80 bits per heavy atom. The molecule has 1 heterocycles. The van der Waals surface area contributed by atoms with E-state index in [-0.39, 0.29) is 56.5 Å². The van der Waals surface area contributed by atoms with E-state index >= 15 is 0 Å². The molecule has 0 atom stereocenters. The SMILES string of the molecule is COn1c([S-])n[nH]c1=O.[K+]. The van der Waals surface area contributed by atoms with Crippen molar-refractivity contribution in [3.63, 3.8) is 0 Å².